The Hall–Kier alpha value is -0.890. The minimum absolute atomic E-state index is 0.0718. The molecule has 0 amide bonds. The molecule has 2 heterocycles. The van der Waals surface area contributed by atoms with Crippen molar-refractivity contribution in [1.82, 2.24) is 14.5 Å². The Morgan fingerprint density at radius 2 is 2.11 bits per heavy atom. The fourth-order valence-electron chi connectivity index (χ4n) is 1.58. The number of alkyl halides is 5. The third-order valence-corrected chi connectivity index (χ3v) is 3.11. The summed E-state index contributed by atoms with van der Waals surface area (Å²) < 4.78 is 52.3. The Morgan fingerprint density at radius 3 is 2.68 bits per heavy atom. The number of halogens is 6. The van der Waals surface area contributed by atoms with Crippen LogP contribution in [0.1, 0.15) is 5.82 Å². The molecule has 0 aromatic carbocycles. The lowest BCUT2D eigenvalue weighted by atomic mass is 10.3. The van der Waals surface area contributed by atoms with Crippen molar-refractivity contribution in [2.24, 2.45) is 0 Å². The van der Waals surface area contributed by atoms with Crippen LogP contribution in [0.3, 0.4) is 0 Å². The Morgan fingerprint density at radius 1 is 1.42 bits per heavy atom. The molecule has 0 spiro atoms. The molecule has 0 N–H and O–H groups in total. The third-order valence-electron chi connectivity index (χ3n) is 2.44. The third kappa shape index (κ3) is 2.84. The van der Waals surface area contributed by atoms with Crippen molar-refractivity contribution >= 4 is 38.7 Å². The van der Waals surface area contributed by atoms with Gasteiger partial charge in [0.05, 0.1) is 12.4 Å². The lowest BCUT2D eigenvalue weighted by molar-refractivity contribution is -0.137. The number of pyridine rings is 1. The monoisotopic (exact) mass is 359 g/mol. The van der Waals surface area contributed by atoms with Gasteiger partial charge in [-0.1, -0.05) is 0 Å². The first-order valence-electron chi connectivity index (χ1n) is 5.07. The van der Waals surface area contributed by atoms with E-state index in [-0.39, 0.29) is 17.4 Å². The molecule has 9 heteroatoms. The highest BCUT2D eigenvalue weighted by atomic mass is 79.9. The highest BCUT2D eigenvalue weighted by Gasteiger charge is 2.42. The second kappa shape index (κ2) is 5.24. The van der Waals surface area contributed by atoms with Crippen molar-refractivity contribution in [1.29, 1.82) is 0 Å². The van der Waals surface area contributed by atoms with E-state index < -0.39 is 18.9 Å². The zero-order valence-corrected chi connectivity index (χ0v) is 11.6. The van der Waals surface area contributed by atoms with Gasteiger partial charge >= 0.3 is 12.3 Å². The van der Waals surface area contributed by atoms with Crippen molar-refractivity contribution in [3.8, 4) is 0 Å². The van der Waals surface area contributed by atoms with Crippen molar-refractivity contribution in [3.05, 3.63) is 22.6 Å². The van der Waals surface area contributed by atoms with Crippen LogP contribution in [-0.4, -0.2) is 26.9 Å². The van der Waals surface area contributed by atoms with Crippen LogP contribution in [0, 0.1) is 0 Å². The molecule has 2 aromatic heterocycles. The fourth-order valence-corrected chi connectivity index (χ4v) is 2.10. The number of fused-ring (bicyclic) bond motifs is 1. The van der Waals surface area contributed by atoms with Gasteiger partial charge in [-0.3, -0.25) is 0 Å². The predicted octanol–water partition coefficient (Wildman–Crippen LogP) is 3.83. The van der Waals surface area contributed by atoms with E-state index in [0.29, 0.717) is 9.99 Å². The summed E-state index contributed by atoms with van der Waals surface area (Å²) >= 11 is 8.76. The van der Waals surface area contributed by atoms with Crippen molar-refractivity contribution < 1.29 is 17.6 Å². The molecule has 0 atom stereocenters. The van der Waals surface area contributed by atoms with Crippen LogP contribution >= 0.6 is 27.5 Å². The van der Waals surface area contributed by atoms with Crippen molar-refractivity contribution in [3.63, 3.8) is 0 Å². The minimum atomic E-state index is -4.16. The van der Waals surface area contributed by atoms with Gasteiger partial charge in [-0.15, -0.1) is 11.6 Å². The lowest BCUT2D eigenvalue weighted by Gasteiger charge is -2.17. The molecular formula is C10H7BrClF4N3. The zero-order chi connectivity index (χ0) is 14.2. The van der Waals surface area contributed by atoms with E-state index in [2.05, 4.69) is 25.9 Å². The minimum Gasteiger partial charge on any atom is -0.305 e. The molecule has 0 aliphatic heterocycles. The summed E-state index contributed by atoms with van der Waals surface area (Å²) in [6, 6.07) is 1.55. The van der Waals surface area contributed by atoms with Gasteiger partial charge in [0.15, 0.2) is 5.65 Å². The summed E-state index contributed by atoms with van der Waals surface area (Å²) in [6.07, 6.45) is -2.39. The largest absolute Gasteiger partial charge is 0.324 e. The van der Waals surface area contributed by atoms with Crippen LogP contribution in [0.15, 0.2) is 16.7 Å². The summed E-state index contributed by atoms with van der Waals surface area (Å²) in [4.78, 5) is 7.91. The molecule has 0 saturated carbocycles. The Labute approximate surface area is 118 Å². The average molecular weight is 361 g/mol. The quantitative estimate of drug-likeness (QED) is 0.613. The van der Waals surface area contributed by atoms with Crippen LogP contribution in [0.5, 0.6) is 0 Å². The maximum absolute atomic E-state index is 13.2. The van der Waals surface area contributed by atoms with E-state index in [4.69, 9.17) is 11.6 Å². The standard InChI is InChI=1S/C10H7BrClF4N3/c11-5-1-6-8(17-3-5)19(7(2-12)18-6)4-10(15,16)9(13)14/h1,3,9H,2,4H2. The lowest BCUT2D eigenvalue weighted by Crippen LogP contribution is -2.32. The van der Waals surface area contributed by atoms with Gasteiger partial charge in [0.1, 0.15) is 11.3 Å². The van der Waals surface area contributed by atoms with Gasteiger partial charge < -0.3 is 4.57 Å². The molecule has 2 aromatic rings. The summed E-state index contributed by atoms with van der Waals surface area (Å²) in [7, 11) is 0. The first kappa shape index (κ1) is 14.5. The van der Waals surface area contributed by atoms with E-state index >= 15 is 0 Å². The molecule has 0 saturated heterocycles. The van der Waals surface area contributed by atoms with Gasteiger partial charge in [-0.2, -0.15) is 8.78 Å². The van der Waals surface area contributed by atoms with Crippen LogP contribution in [-0.2, 0) is 12.4 Å². The van der Waals surface area contributed by atoms with Crippen LogP contribution in [0.25, 0.3) is 11.2 Å². The average Bonchev–Trinajstić information content (AvgIpc) is 2.65. The summed E-state index contributed by atoms with van der Waals surface area (Å²) in [6.45, 7) is -1.21. The maximum atomic E-state index is 13.2. The van der Waals surface area contributed by atoms with Crippen molar-refractivity contribution in [2.75, 3.05) is 0 Å². The van der Waals surface area contributed by atoms with Crippen molar-refractivity contribution in [2.45, 2.75) is 24.8 Å². The van der Waals surface area contributed by atoms with E-state index in [1.165, 1.54) is 6.20 Å². The number of aromatic nitrogens is 3. The topological polar surface area (TPSA) is 30.7 Å². The first-order chi connectivity index (χ1) is 8.85. The number of rotatable bonds is 4. The summed E-state index contributed by atoms with van der Waals surface area (Å²) in [5, 5.41) is 0. The Balaban J connectivity index is 2.52. The second-order valence-corrected chi connectivity index (χ2v) is 4.99. The van der Waals surface area contributed by atoms with Gasteiger partial charge in [-0.05, 0) is 22.0 Å². The second-order valence-electron chi connectivity index (χ2n) is 3.81. The first-order valence-corrected chi connectivity index (χ1v) is 6.40. The summed E-state index contributed by atoms with van der Waals surface area (Å²) in [5.41, 5.74) is 0.411. The highest BCUT2D eigenvalue weighted by Crippen LogP contribution is 2.28. The molecule has 0 fully saturated rings. The molecule has 0 aliphatic rings. The van der Waals surface area contributed by atoms with Crippen LogP contribution in [0.4, 0.5) is 17.6 Å². The number of imidazole rings is 1. The molecule has 3 nitrogen and oxygen atoms in total. The van der Waals surface area contributed by atoms with Crippen LogP contribution in [0.2, 0.25) is 0 Å². The van der Waals surface area contributed by atoms with Gasteiger partial charge in [0, 0.05) is 10.7 Å². The van der Waals surface area contributed by atoms with E-state index in [0.717, 1.165) is 4.57 Å². The molecule has 19 heavy (non-hydrogen) atoms. The SMILES string of the molecule is FC(F)C(F)(F)Cn1c(CCl)nc2cc(Br)cnc21. The van der Waals surface area contributed by atoms with Gasteiger partial charge in [0.25, 0.3) is 0 Å². The van der Waals surface area contributed by atoms with Gasteiger partial charge in [0.2, 0.25) is 0 Å². The molecule has 0 radical (unpaired) electrons. The Bertz CT molecular complexity index is 602. The predicted molar refractivity (Wildman–Crippen MR) is 65.7 cm³/mol. The van der Waals surface area contributed by atoms with E-state index in [1.54, 1.807) is 6.07 Å². The zero-order valence-electron chi connectivity index (χ0n) is 9.26. The smallest absolute Gasteiger partial charge is 0.305 e. The number of hydrogen-bond acceptors (Lipinski definition) is 2. The molecule has 0 bridgehead atoms. The fraction of sp³-hybridized carbons (Fsp3) is 0.400. The highest BCUT2D eigenvalue weighted by molar-refractivity contribution is 9.10. The van der Waals surface area contributed by atoms with E-state index in [1.807, 2.05) is 0 Å². The molecular weight excluding hydrogens is 353 g/mol. The van der Waals surface area contributed by atoms with E-state index in [9.17, 15) is 17.6 Å². The maximum Gasteiger partial charge on any atom is 0.324 e. The molecule has 104 valence electrons. The number of hydrogen-bond donors (Lipinski definition) is 0. The van der Waals surface area contributed by atoms with Crippen LogP contribution < -0.4 is 0 Å². The molecule has 0 unspecified atom stereocenters. The van der Waals surface area contributed by atoms with Gasteiger partial charge in [-0.25, -0.2) is 18.7 Å². The number of nitrogens with zero attached hydrogens (tertiary/aromatic N) is 3. The summed E-state index contributed by atoms with van der Waals surface area (Å²) in [5.74, 6) is -4.26. The molecule has 0 aliphatic carbocycles. The molecule has 2 rings (SSSR count). The Kier molecular flexibility index (Phi) is 4.00. The normalized spacial score (nSPS) is 12.6.